The molecule has 3 aromatic rings. The van der Waals surface area contributed by atoms with Gasteiger partial charge in [-0.3, -0.25) is 9.59 Å². The molecular weight excluding hydrogens is 541 g/mol. The molecule has 4 amide bonds. The maximum Gasteiger partial charge on any atom is 0.329 e. The van der Waals surface area contributed by atoms with E-state index in [0.717, 1.165) is 10.5 Å². The average Bonchev–Trinajstić information content (AvgIpc) is 3.08. The van der Waals surface area contributed by atoms with Crippen LogP contribution < -0.4 is 15.4 Å². The van der Waals surface area contributed by atoms with Crippen LogP contribution in [0.2, 0.25) is 5.02 Å². The van der Waals surface area contributed by atoms with E-state index in [1.807, 2.05) is 12.1 Å². The summed E-state index contributed by atoms with van der Waals surface area (Å²) in [4.78, 5) is 37.9. The lowest BCUT2D eigenvalue weighted by Crippen LogP contribution is -2.38. The van der Waals surface area contributed by atoms with Crippen LogP contribution >= 0.6 is 27.5 Å². The Morgan fingerprint density at radius 2 is 1.86 bits per heavy atom. The van der Waals surface area contributed by atoms with Gasteiger partial charge < -0.3 is 15.4 Å². The number of nitrogens with zero attached hydrogens (tertiary/aromatic N) is 1. The maximum absolute atomic E-state index is 13.7. The quantitative estimate of drug-likeness (QED) is 0.302. The van der Waals surface area contributed by atoms with Gasteiger partial charge >= 0.3 is 6.03 Å². The van der Waals surface area contributed by atoms with Crippen LogP contribution in [0.4, 0.5) is 14.9 Å². The second-order valence-corrected chi connectivity index (χ2v) is 8.80. The van der Waals surface area contributed by atoms with Crippen LogP contribution in [-0.4, -0.2) is 29.3 Å². The number of urea groups is 1. The van der Waals surface area contributed by atoms with Crippen molar-refractivity contribution in [3.05, 3.63) is 98.9 Å². The molecular formula is C25H18BrClFN3O4. The summed E-state index contributed by atoms with van der Waals surface area (Å²) in [6, 6.07) is 17.3. The van der Waals surface area contributed by atoms with Gasteiger partial charge in [0.2, 0.25) is 5.91 Å². The molecule has 35 heavy (non-hydrogen) atoms. The summed E-state index contributed by atoms with van der Waals surface area (Å²) >= 11 is 9.34. The zero-order valence-electron chi connectivity index (χ0n) is 18.1. The molecule has 0 aromatic heterocycles. The number of anilines is 1. The van der Waals surface area contributed by atoms with Crippen LogP contribution in [0, 0.1) is 5.82 Å². The molecule has 1 aliphatic heterocycles. The standard InChI is InChI=1S/C25H18BrClFN3O4/c26-18-11-16(7-10-22(18)35-14-15-5-8-17(27)9-6-15)12-21-24(33)31(25(34)30-21)13-23(32)29-20-4-2-1-3-19(20)28/h1-12H,13-14H2,(H,29,32)(H,30,34)/b21-12+. The molecule has 0 atom stereocenters. The molecule has 0 saturated carbocycles. The van der Waals surface area contributed by atoms with Gasteiger partial charge in [0.25, 0.3) is 5.91 Å². The van der Waals surface area contributed by atoms with Crippen molar-refractivity contribution < 1.29 is 23.5 Å². The van der Waals surface area contributed by atoms with Crippen LogP contribution in [-0.2, 0) is 16.2 Å². The molecule has 1 fully saturated rings. The van der Waals surface area contributed by atoms with E-state index in [2.05, 4.69) is 26.6 Å². The number of hydrogen-bond donors (Lipinski definition) is 2. The van der Waals surface area contributed by atoms with Crippen molar-refractivity contribution in [2.45, 2.75) is 6.61 Å². The first-order chi connectivity index (χ1) is 16.8. The van der Waals surface area contributed by atoms with Gasteiger partial charge in [0.1, 0.15) is 30.4 Å². The molecule has 3 aromatic carbocycles. The van der Waals surface area contributed by atoms with E-state index in [4.69, 9.17) is 16.3 Å². The van der Waals surface area contributed by atoms with E-state index in [9.17, 15) is 18.8 Å². The minimum absolute atomic E-state index is 0.00965. The fraction of sp³-hybridized carbons (Fsp3) is 0.0800. The van der Waals surface area contributed by atoms with Gasteiger partial charge in [-0.15, -0.1) is 0 Å². The minimum Gasteiger partial charge on any atom is -0.488 e. The predicted octanol–water partition coefficient (Wildman–Crippen LogP) is 5.35. The molecule has 1 aliphatic rings. The van der Waals surface area contributed by atoms with Crippen LogP contribution in [0.5, 0.6) is 5.75 Å². The highest BCUT2D eigenvalue weighted by molar-refractivity contribution is 9.10. The number of hydrogen-bond acceptors (Lipinski definition) is 4. The number of rotatable bonds is 7. The van der Waals surface area contributed by atoms with Crippen LogP contribution in [0.25, 0.3) is 6.08 Å². The van der Waals surface area contributed by atoms with Crippen molar-refractivity contribution in [2.24, 2.45) is 0 Å². The van der Waals surface area contributed by atoms with Gasteiger partial charge in [-0.25, -0.2) is 14.1 Å². The summed E-state index contributed by atoms with van der Waals surface area (Å²) in [6.07, 6.45) is 1.49. The van der Waals surface area contributed by atoms with Gasteiger partial charge in [0.05, 0.1) is 10.2 Å². The second kappa shape index (κ2) is 10.7. The predicted molar refractivity (Wildman–Crippen MR) is 133 cm³/mol. The van der Waals surface area contributed by atoms with Crippen molar-refractivity contribution >= 4 is 57.1 Å². The van der Waals surface area contributed by atoms with Crippen molar-refractivity contribution in [2.75, 3.05) is 11.9 Å². The van der Waals surface area contributed by atoms with Gasteiger partial charge in [0, 0.05) is 5.02 Å². The minimum atomic E-state index is -0.744. The summed E-state index contributed by atoms with van der Waals surface area (Å²) in [7, 11) is 0. The molecule has 1 heterocycles. The lowest BCUT2D eigenvalue weighted by molar-refractivity contribution is -0.127. The highest BCUT2D eigenvalue weighted by Crippen LogP contribution is 2.28. The van der Waals surface area contributed by atoms with Gasteiger partial charge in [-0.1, -0.05) is 41.9 Å². The van der Waals surface area contributed by atoms with Crippen LogP contribution in [0.3, 0.4) is 0 Å². The number of benzene rings is 3. The van der Waals surface area contributed by atoms with Crippen molar-refractivity contribution in [3.63, 3.8) is 0 Å². The van der Waals surface area contributed by atoms with Crippen LogP contribution in [0.15, 0.2) is 76.9 Å². The molecule has 178 valence electrons. The number of carbonyl (C=O) groups excluding carboxylic acids is 3. The van der Waals surface area contributed by atoms with Gasteiger partial charge in [-0.2, -0.15) is 0 Å². The Morgan fingerprint density at radius 1 is 1.11 bits per heavy atom. The third-order valence-electron chi connectivity index (χ3n) is 4.99. The number of halogens is 3. The fourth-order valence-corrected chi connectivity index (χ4v) is 3.88. The SMILES string of the molecule is O=C(CN1C(=O)N/C(=C/c2ccc(OCc3ccc(Cl)cc3)c(Br)c2)C1=O)Nc1ccccc1F. The number of amides is 4. The Balaban J connectivity index is 1.40. The lowest BCUT2D eigenvalue weighted by atomic mass is 10.2. The van der Waals surface area contributed by atoms with Crippen molar-refractivity contribution in [1.29, 1.82) is 0 Å². The number of imide groups is 1. The smallest absolute Gasteiger partial charge is 0.329 e. The highest BCUT2D eigenvalue weighted by Gasteiger charge is 2.35. The first-order valence-electron chi connectivity index (χ1n) is 10.4. The van der Waals surface area contributed by atoms with E-state index in [1.54, 1.807) is 36.4 Å². The molecule has 0 bridgehead atoms. The van der Waals surface area contributed by atoms with E-state index in [0.29, 0.717) is 27.4 Å². The molecule has 0 radical (unpaired) electrons. The van der Waals surface area contributed by atoms with Crippen LogP contribution in [0.1, 0.15) is 11.1 Å². The summed E-state index contributed by atoms with van der Waals surface area (Å²) in [5.74, 6) is -1.40. The first-order valence-corrected chi connectivity index (χ1v) is 11.5. The molecule has 7 nitrogen and oxygen atoms in total. The Hall–Kier alpha value is -3.69. The fourth-order valence-electron chi connectivity index (χ4n) is 3.24. The number of nitrogens with one attached hydrogen (secondary N) is 2. The molecule has 2 N–H and O–H groups in total. The highest BCUT2D eigenvalue weighted by atomic mass is 79.9. The number of para-hydroxylation sites is 1. The molecule has 4 rings (SSSR count). The maximum atomic E-state index is 13.7. The zero-order valence-corrected chi connectivity index (χ0v) is 20.4. The summed E-state index contributed by atoms with van der Waals surface area (Å²) < 4.78 is 20.2. The Kier molecular flexibility index (Phi) is 7.48. The second-order valence-electron chi connectivity index (χ2n) is 7.51. The van der Waals surface area contributed by atoms with Crippen molar-refractivity contribution in [1.82, 2.24) is 10.2 Å². The largest absolute Gasteiger partial charge is 0.488 e. The number of carbonyl (C=O) groups is 3. The Labute approximate surface area is 213 Å². The Morgan fingerprint density at radius 3 is 2.57 bits per heavy atom. The third kappa shape index (κ3) is 6.06. The molecule has 0 unspecified atom stereocenters. The van der Waals surface area contributed by atoms with Gasteiger partial charge in [-0.05, 0) is 69.5 Å². The summed E-state index contributed by atoms with van der Waals surface area (Å²) in [6.45, 7) is -0.216. The summed E-state index contributed by atoms with van der Waals surface area (Å²) in [5.41, 5.74) is 1.54. The van der Waals surface area contributed by atoms with Gasteiger partial charge in [0.15, 0.2) is 0 Å². The monoisotopic (exact) mass is 557 g/mol. The average molecular weight is 559 g/mol. The Bertz CT molecular complexity index is 1330. The molecule has 0 spiro atoms. The van der Waals surface area contributed by atoms with Crippen molar-refractivity contribution in [3.8, 4) is 5.75 Å². The molecule has 0 aliphatic carbocycles. The van der Waals surface area contributed by atoms with E-state index >= 15 is 0 Å². The lowest BCUT2D eigenvalue weighted by Gasteiger charge is -2.12. The zero-order chi connectivity index (χ0) is 24.9. The third-order valence-corrected chi connectivity index (χ3v) is 5.86. The first kappa shape index (κ1) is 24.4. The van der Waals surface area contributed by atoms with E-state index in [-0.39, 0.29) is 11.4 Å². The van der Waals surface area contributed by atoms with E-state index in [1.165, 1.54) is 24.3 Å². The van der Waals surface area contributed by atoms with E-state index < -0.39 is 30.2 Å². The summed E-state index contributed by atoms with van der Waals surface area (Å²) in [5, 5.41) is 5.45. The number of ether oxygens (including phenoxy) is 1. The normalized spacial score (nSPS) is 14.3. The molecule has 1 saturated heterocycles. The topological polar surface area (TPSA) is 87.7 Å². The molecule has 10 heteroatoms.